The van der Waals surface area contributed by atoms with Crippen LogP contribution in [0.4, 0.5) is 5.13 Å². The molecular weight excluding hydrogens is 396 g/mol. The second-order valence-corrected chi connectivity index (χ2v) is 7.25. The fourth-order valence-electron chi connectivity index (χ4n) is 2.61. The molecule has 0 radical (unpaired) electrons. The van der Waals surface area contributed by atoms with Crippen molar-refractivity contribution in [1.82, 2.24) is 4.98 Å². The summed E-state index contributed by atoms with van der Waals surface area (Å²) in [4.78, 5) is 30.0. The van der Waals surface area contributed by atoms with Crippen molar-refractivity contribution in [1.29, 1.82) is 0 Å². The van der Waals surface area contributed by atoms with Crippen LogP contribution in [0.2, 0.25) is 5.02 Å². The molecule has 3 rings (SSSR count). The van der Waals surface area contributed by atoms with Crippen LogP contribution in [-0.2, 0) is 9.59 Å². The van der Waals surface area contributed by atoms with E-state index in [-0.39, 0.29) is 12.0 Å². The van der Waals surface area contributed by atoms with Crippen molar-refractivity contribution in [2.45, 2.75) is 6.42 Å². The quantitative estimate of drug-likeness (QED) is 0.579. The number of thiazole rings is 1. The zero-order valence-corrected chi connectivity index (χ0v) is 16.6. The molecule has 1 heterocycles. The van der Waals surface area contributed by atoms with Crippen LogP contribution in [0.3, 0.4) is 0 Å². The number of carbonyl (C=O) groups excluding carboxylic acids is 1. The van der Waals surface area contributed by atoms with E-state index in [0.29, 0.717) is 15.8 Å². The van der Waals surface area contributed by atoms with Gasteiger partial charge in [-0.05, 0) is 17.7 Å². The van der Waals surface area contributed by atoms with Gasteiger partial charge in [0, 0.05) is 28.6 Å². The Labute approximate surface area is 171 Å². The minimum atomic E-state index is -1.07. The molecule has 0 saturated heterocycles. The Morgan fingerprint density at radius 1 is 1.14 bits per heavy atom. The summed E-state index contributed by atoms with van der Waals surface area (Å²) < 4.78 is 0. The minimum Gasteiger partial charge on any atom is -0.481 e. The Balaban J connectivity index is 1.89. The van der Waals surface area contributed by atoms with Gasteiger partial charge in [0.15, 0.2) is 5.13 Å². The molecule has 1 aromatic heterocycles. The average molecular weight is 413 g/mol. The highest BCUT2D eigenvalue weighted by Crippen LogP contribution is 2.32. The van der Waals surface area contributed by atoms with Crippen molar-refractivity contribution in [2.75, 3.05) is 11.9 Å². The summed E-state index contributed by atoms with van der Waals surface area (Å²) in [5.74, 6) is -1.48. The van der Waals surface area contributed by atoms with E-state index in [4.69, 9.17) is 11.6 Å². The van der Waals surface area contributed by atoms with Gasteiger partial charge in [-0.25, -0.2) is 4.98 Å². The number of aliphatic carboxylic acids is 1. The van der Waals surface area contributed by atoms with Crippen LogP contribution in [0.25, 0.3) is 17.3 Å². The molecule has 28 heavy (non-hydrogen) atoms. The van der Waals surface area contributed by atoms with Gasteiger partial charge >= 0.3 is 5.97 Å². The van der Waals surface area contributed by atoms with E-state index in [1.54, 1.807) is 19.2 Å². The summed E-state index contributed by atoms with van der Waals surface area (Å²) in [6.45, 7) is 0. The Morgan fingerprint density at radius 2 is 1.82 bits per heavy atom. The number of hydrogen-bond donors (Lipinski definition) is 1. The van der Waals surface area contributed by atoms with Gasteiger partial charge in [-0.2, -0.15) is 0 Å². The molecule has 0 saturated carbocycles. The van der Waals surface area contributed by atoms with Crippen molar-refractivity contribution in [3.63, 3.8) is 0 Å². The number of hydrogen-bond acceptors (Lipinski definition) is 4. The van der Waals surface area contributed by atoms with Crippen molar-refractivity contribution in [3.05, 3.63) is 76.1 Å². The molecule has 0 aliphatic heterocycles. The number of carboxylic acids is 1. The largest absolute Gasteiger partial charge is 0.481 e. The lowest BCUT2D eigenvalue weighted by Crippen LogP contribution is -2.28. The zero-order chi connectivity index (χ0) is 20.1. The monoisotopic (exact) mass is 412 g/mol. The molecule has 7 heteroatoms. The number of halogens is 1. The second-order valence-electron chi connectivity index (χ2n) is 6.01. The molecule has 0 bridgehead atoms. The smallest absolute Gasteiger partial charge is 0.308 e. The number of rotatable bonds is 6. The first-order valence-corrected chi connectivity index (χ1v) is 9.67. The van der Waals surface area contributed by atoms with Gasteiger partial charge in [0.2, 0.25) is 0 Å². The second kappa shape index (κ2) is 8.82. The van der Waals surface area contributed by atoms with Crippen molar-refractivity contribution >= 4 is 46.0 Å². The van der Waals surface area contributed by atoms with Gasteiger partial charge in [0.05, 0.1) is 12.1 Å². The van der Waals surface area contributed by atoms with Crippen molar-refractivity contribution in [2.24, 2.45) is 0 Å². The number of amides is 1. The maximum absolute atomic E-state index is 12.9. The highest BCUT2D eigenvalue weighted by molar-refractivity contribution is 7.14. The molecular formula is C21H17ClN2O3S. The van der Waals surface area contributed by atoms with Gasteiger partial charge in [-0.3, -0.25) is 14.5 Å². The first-order chi connectivity index (χ1) is 13.5. The fourth-order valence-corrected chi connectivity index (χ4v) is 3.64. The summed E-state index contributed by atoms with van der Waals surface area (Å²) >= 11 is 7.51. The molecule has 1 amide bonds. The number of likely N-dealkylation sites (N-methyl/N-ethyl adjacent to an activating group) is 1. The van der Waals surface area contributed by atoms with Gasteiger partial charge in [0.25, 0.3) is 5.91 Å². The van der Waals surface area contributed by atoms with Crippen LogP contribution in [0.15, 0.2) is 65.6 Å². The van der Waals surface area contributed by atoms with Gasteiger partial charge in [-0.1, -0.05) is 60.1 Å². The molecule has 5 nitrogen and oxygen atoms in total. The Hall–Kier alpha value is -2.96. The average Bonchev–Trinajstić information content (AvgIpc) is 3.17. The van der Waals surface area contributed by atoms with E-state index >= 15 is 0 Å². The fraction of sp³-hybridized carbons (Fsp3) is 0.0952. The van der Waals surface area contributed by atoms with Crippen molar-refractivity contribution in [3.8, 4) is 11.3 Å². The maximum Gasteiger partial charge on any atom is 0.308 e. The van der Waals surface area contributed by atoms with Crippen LogP contribution in [0.1, 0.15) is 12.0 Å². The Kier molecular flexibility index (Phi) is 6.23. The summed E-state index contributed by atoms with van der Waals surface area (Å²) in [6.07, 6.45) is 1.22. The number of aromatic nitrogens is 1. The summed E-state index contributed by atoms with van der Waals surface area (Å²) in [5, 5.41) is 12.1. The lowest BCUT2D eigenvalue weighted by Gasteiger charge is -2.15. The summed E-state index contributed by atoms with van der Waals surface area (Å²) in [7, 11) is 1.58. The van der Waals surface area contributed by atoms with Gasteiger partial charge in [-0.15, -0.1) is 11.3 Å². The highest BCUT2D eigenvalue weighted by atomic mass is 35.5. The van der Waals surface area contributed by atoms with Crippen LogP contribution in [0.5, 0.6) is 0 Å². The molecule has 1 N–H and O–H groups in total. The van der Waals surface area contributed by atoms with E-state index in [0.717, 1.165) is 11.1 Å². The lowest BCUT2D eigenvalue weighted by molar-refractivity contribution is -0.136. The first-order valence-electron chi connectivity index (χ1n) is 8.41. The maximum atomic E-state index is 12.9. The van der Waals surface area contributed by atoms with Crippen LogP contribution < -0.4 is 4.90 Å². The predicted molar refractivity (Wildman–Crippen MR) is 113 cm³/mol. The Morgan fingerprint density at radius 3 is 2.50 bits per heavy atom. The Bertz CT molecular complexity index is 1030. The number of carboxylic acid groups (broad SMARTS) is 1. The van der Waals surface area contributed by atoms with Gasteiger partial charge < -0.3 is 5.11 Å². The molecule has 0 aliphatic rings. The molecule has 0 fully saturated rings. The van der Waals surface area contributed by atoms with Crippen molar-refractivity contribution < 1.29 is 14.7 Å². The van der Waals surface area contributed by atoms with E-state index in [1.807, 2.05) is 53.9 Å². The molecule has 3 aromatic rings. The predicted octanol–water partition coefficient (Wildman–Crippen LogP) is 4.98. The molecule has 0 unspecified atom stereocenters. The van der Waals surface area contributed by atoms with E-state index < -0.39 is 11.9 Å². The van der Waals surface area contributed by atoms with Gasteiger partial charge in [0.1, 0.15) is 0 Å². The molecule has 0 spiro atoms. The minimum absolute atomic E-state index is 0.177. The standard InChI is InChI=1S/C21H17ClN2O3S/c1-24(21-23-18(13-28-21)16-9-5-6-10-17(16)22)20(27)15(12-19(25)26)11-14-7-3-2-4-8-14/h2-11,13H,12H2,1H3,(H,25,26). The molecule has 142 valence electrons. The van der Waals surface area contributed by atoms with Crippen LogP contribution in [0, 0.1) is 0 Å². The van der Waals surface area contributed by atoms with E-state index in [2.05, 4.69) is 4.98 Å². The van der Waals surface area contributed by atoms with Crippen LogP contribution in [-0.4, -0.2) is 29.0 Å². The SMILES string of the molecule is CN(C(=O)C(=Cc1ccccc1)CC(=O)O)c1nc(-c2ccccc2Cl)cs1. The topological polar surface area (TPSA) is 70.5 Å². The first kappa shape index (κ1) is 19.8. The number of benzene rings is 2. The number of nitrogens with zero attached hydrogens (tertiary/aromatic N) is 2. The number of carbonyl (C=O) groups is 2. The lowest BCUT2D eigenvalue weighted by atomic mass is 10.1. The zero-order valence-electron chi connectivity index (χ0n) is 15.0. The third kappa shape index (κ3) is 4.65. The third-order valence-electron chi connectivity index (χ3n) is 3.99. The molecule has 2 aromatic carbocycles. The normalized spacial score (nSPS) is 11.3. The third-order valence-corrected chi connectivity index (χ3v) is 5.24. The van der Waals surface area contributed by atoms with E-state index in [1.165, 1.54) is 16.2 Å². The molecule has 0 aliphatic carbocycles. The molecule has 0 atom stereocenters. The van der Waals surface area contributed by atoms with Crippen LogP contribution >= 0.6 is 22.9 Å². The van der Waals surface area contributed by atoms with E-state index in [9.17, 15) is 14.7 Å². The highest BCUT2D eigenvalue weighted by Gasteiger charge is 2.21. The number of anilines is 1. The summed E-state index contributed by atoms with van der Waals surface area (Å²) in [5.41, 5.74) is 2.38. The summed E-state index contributed by atoms with van der Waals surface area (Å²) in [6, 6.07) is 16.5.